The standard InChI is InChI=1S/C32H36F3N3O5S/c1-29-13-18-15-37-38(20-6-8-26(34)36-16-20)23(18)12-19(29)5-7-22-21-9-10-31(28(41)44-17-33,43-27(40)24-4-3-11-42-24)30(21,2)14-25(39)32(22,29)35/h6,8,12,15-16,21-22,24-25,39H,3-5,7,9-11,13-14,17H2,1-2H3. The number of aromatic nitrogens is 3. The quantitative estimate of drug-likeness (QED) is 0.351. The first-order valence-corrected chi connectivity index (χ1v) is 16.3. The van der Waals surface area contributed by atoms with Gasteiger partial charge in [0.05, 0.1) is 29.9 Å². The molecule has 3 heterocycles. The van der Waals surface area contributed by atoms with Crippen LogP contribution in [0.4, 0.5) is 13.2 Å². The molecule has 12 heteroatoms. The molecule has 2 aromatic heterocycles. The van der Waals surface area contributed by atoms with E-state index in [9.17, 15) is 23.5 Å². The number of halogens is 3. The van der Waals surface area contributed by atoms with Gasteiger partial charge in [-0.3, -0.25) is 4.79 Å². The molecule has 4 fully saturated rings. The Morgan fingerprint density at radius 3 is 2.73 bits per heavy atom. The Balaban J connectivity index is 1.25. The van der Waals surface area contributed by atoms with Crippen LogP contribution in [0.3, 0.4) is 0 Å². The van der Waals surface area contributed by atoms with E-state index in [4.69, 9.17) is 9.47 Å². The van der Waals surface area contributed by atoms with Crippen LogP contribution in [-0.4, -0.2) is 67.0 Å². The predicted molar refractivity (Wildman–Crippen MR) is 155 cm³/mol. The fourth-order valence-corrected chi connectivity index (χ4v) is 10.2. The van der Waals surface area contributed by atoms with Crippen molar-refractivity contribution in [2.45, 2.75) is 88.7 Å². The van der Waals surface area contributed by atoms with Gasteiger partial charge in [0.2, 0.25) is 11.1 Å². The molecular weight excluding hydrogens is 595 g/mol. The number of thioether (sulfide) groups is 1. The first-order chi connectivity index (χ1) is 21.0. The predicted octanol–water partition coefficient (Wildman–Crippen LogP) is 5.30. The van der Waals surface area contributed by atoms with Gasteiger partial charge in [-0.05, 0) is 92.8 Å². The number of aliphatic hydroxyl groups is 1. The van der Waals surface area contributed by atoms with Crippen LogP contribution < -0.4 is 0 Å². The van der Waals surface area contributed by atoms with Crippen LogP contribution in [-0.2, 0) is 25.5 Å². The highest BCUT2D eigenvalue weighted by atomic mass is 32.2. The van der Waals surface area contributed by atoms with Crippen molar-refractivity contribution in [1.82, 2.24) is 14.8 Å². The zero-order valence-electron chi connectivity index (χ0n) is 24.7. The monoisotopic (exact) mass is 631 g/mol. The number of fused-ring (bicyclic) bond motifs is 6. The molecule has 236 valence electrons. The second kappa shape index (κ2) is 10.4. The number of carbonyl (C=O) groups is 2. The molecule has 5 aliphatic rings. The van der Waals surface area contributed by atoms with Crippen molar-refractivity contribution in [3.63, 3.8) is 0 Å². The number of ether oxygens (including phenoxy) is 2. The number of hydrogen-bond donors (Lipinski definition) is 1. The molecule has 1 N–H and O–H groups in total. The van der Waals surface area contributed by atoms with Crippen LogP contribution in [0.25, 0.3) is 11.8 Å². The molecule has 7 rings (SSSR count). The number of alkyl halides is 2. The van der Waals surface area contributed by atoms with Gasteiger partial charge in [-0.25, -0.2) is 23.2 Å². The third-order valence-electron chi connectivity index (χ3n) is 11.6. The summed E-state index contributed by atoms with van der Waals surface area (Å²) in [6.45, 7) is 4.08. The Morgan fingerprint density at radius 2 is 2.02 bits per heavy atom. The van der Waals surface area contributed by atoms with Gasteiger partial charge >= 0.3 is 5.97 Å². The summed E-state index contributed by atoms with van der Waals surface area (Å²) in [5.74, 6) is -2.26. The summed E-state index contributed by atoms with van der Waals surface area (Å²) in [6.07, 6.45) is 5.65. The number of carbonyl (C=O) groups excluding carboxylic acids is 2. The van der Waals surface area contributed by atoms with Crippen LogP contribution >= 0.6 is 11.8 Å². The maximum Gasteiger partial charge on any atom is 0.336 e. The molecule has 4 aliphatic carbocycles. The van der Waals surface area contributed by atoms with Gasteiger partial charge in [0.1, 0.15) is 11.7 Å². The topological polar surface area (TPSA) is 104 Å². The van der Waals surface area contributed by atoms with Crippen LogP contribution in [0, 0.1) is 28.6 Å². The highest BCUT2D eigenvalue weighted by Gasteiger charge is 2.76. The summed E-state index contributed by atoms with van der Waals surface area (Å²) in [5, 5.41) is 15.8. The lowest BCUT2D eigenvalue weighted by Crippen LogP contribution is -2.70. The smallest absolute Gasteiger partial charge is 0.336 e. The van der Waals surface area contributed by atoms with E-state index in [2.05, 4.69) is 10.1 Å². The van der Waals surface area contributed by atoms with Gasteiger partial charge < -0.3 is 14.6 Å². The van der Waals surface area contributed by atoms with E-state index in [-0.39, 0.29) is 18.8 Å². The molecule has 8 nitrogen and oxygen atoms in total. The molecule has 0 aromatic carbocycles. The first-order valence-electron chi connectivity index (χ1n) is 15.3. The van der Waals surface area contributed by atoms with E-state index in [1.165, 1.54) is 12.3 Å². The van der Waals surface area contributed by atoms with Crippen molar-refractivity contribution in [3.05, 3.63) is 47.3 Å². The second-order valence-corrected chi connectivity index (χ2v) is 14.3. The Morgan fingerprint density at radius 1 is 1.20 bits per heavy atom. The van der Waals surface area contributed by atoms with E-state index < -0.39 is 63.3 Å². The first kappa shape index (κ1) is 30.0. The summed E-state index contributed by atoms with van der Waals surface area (Å²) in [6, 6.07) is 1.87. The number of hydrogen-bond acceptors (Lipinski definition) is 8. The minimum Gasteiger partial charge on any atom is -0.448 e. The minimum absolute atomic E-state index is 0.113. The molecule has 1 aliphatic heterocycles. The van der Waals surface area contributed by atoms with E-state index in [0.29, 0.717) is 62.6 Å². The zero-order chi connectivity index (χ0) is 31.1. The lowest BCUT2D eigenvalue weighted by Gasteiger charge is -2.63. The van der Waals surface area contributed by atoms with Gasteiger partial charge in [-0.1, -0.05) is 19.4 Å². The molecule has 8 atom stereocenters. The van der Waals surface area contributed by atoms with Gasteiger partial charge in [-0.2, -0.15) is 9.49 Å². The van der Waals surface area contributed by atoms with Crippen molar-refractivity contribution in [2.24, 2.45) is 22.7 Å². The zero-order valence-corrected chi connectivity index (χ0v) is 25.5. The van der Waals surface area contributed by atoms with Crippen LogP contribution in [0.1, 0.15) is 70.1 Å². The normalized spacial score (nSPS) is 39.1. The van der Waals surface area contributed by atoms with E-state index in [0.717, 1.165) is 16.8 Å². The third kappa shape index (κ3) is 3.98. The minimum atomic E-state index is -2.04. The average molecular weight is 632 g/mol. The summed E-state index contributed by atoms with van der Waals surface area (Å²) in [5.41, 5.74) is -2.86. The molecule has 1 saturated heterocycles. The molecule has 0 radical (unpaired) electrons. The molecule has 2 aromatic rings. The number of pyridine rings is 1. The summed E-state index contributed by atoms with van der Waals surface area (Å²) in [4.78, 5) is 30.7. The van der Waals surface area contributed by atoms with Crippen LogP contribution in [0.2, 0.25) is 0 Å². The SMILES string of the molecule is CC12Cc3cnn(-c4ccc(F)nc4)c3C=C1CCC1C3CCC(OC(=O)C4CCCO4)(C(=O)SCF)C3(C)CC(O)C12F. The number of esters is 1. The Hall–Kier alpha value is -2.70. The largest absolute Gasteiger partial charge is 0.448 e. The Bertz CT molecular complexity index is 1530. The molecule has 3 saturated carbocycles. The third-order valence-corrected chi connectivity index (χ3v) is 12.3. The second-order valence-electron chi connectivity index (χ2n) is 13.5. The van der Waals surface area contributed by atoms with Gasteiger partial charge in [-0.15, -0.1) is 0 Å². The van der Waals surface area contributed by atoms with Crippen LogP contribution in [0.5, 0.6) is 0 Å². The van der Waals surface area contributed by atoms with Crippen LogP contribution in [0.15, 0.2) is 30.1 Å². The van der Waals surface area contributed by atoms with Crippen molar-refractivity contribution in [2.75, 3.05) is 12.6 Å². The lowest BCUT2D eigenvalue weighted by atomic mass is 9.44. The van der Waals surface area contributed by atoms with Gasteiger partial charge in [0.15, 0.2) is 11.7 Å². The molecule has 0 amide bonds. The highest BCUT2D eigenvalue weighted by molar-refractivity contribution is 8.13. The Kier molecular flexibility index (Phi) is 7.10. The van der Waals surface area contributed by atoms with Crippen molar-refractivity contribution < 1.29 is 37.3 Å². The molecule has 44 heavy (non-hydrogen) atoms. The van der Waals surface area contributed by atoms with Crippen molar-refractivity contribution in [3.8, 4) is 5.69 Å². The summed E-state index contributed by atoms with van der Waals surface area (Å²) >= 11 is 0.464. The van der Waals surface area contributed by atoms with E-state index in [1.54, 1.807) is 23.9 Å². The number of allylic oxidation sites excluding steroid dienone is 1. The maximum atomic E-state index is 18.1. The molecule has 0 spiro atoms. The van der Waals surface area contributed by atoms with E-state index >= 15 is 4.39 Å². The highest BCUT2D eigenvalue weighted by Crippen LogP contribution is 2.71. The van der Waals surface area contributed by atoms with E-state index in [1.807, 2.05) is 13.0 Å². The number of rotatable bonds is 5. The van der Waals surface area contributed by atoms with Crippen molar-refractivity contribution in [1.29, 1.82) is 0 Å². The lowest BCUT2D eigenvalue weighted by molar-refractivity contribution is -0.230. The maximum absolute atomic E-state index is 18.1. The molecule has 8 unspecified atom stereocenters. The fraction of sp³-hybridized carbons (Fsp3) is 0.625. The summed E-state index contributed by atoms with van der Waals surface area (Å²) < 4.78 is 58.4. The average Bonchev–Trinajstić information content (AvgIpc) is 3.73. The summed E-state index contributed by atoms with van der Waals surface area (Å²) in [7, 11) is 0. The molecular formula is C32H36F3N3O5S. The molecule has 0 bridgehead atoms. The van der Waals surface area contributed by atoms with Crippen molar-refractivity contribution >= 4 is 28.9 Å². The van der Waals surface area contributed by atoms with Gasteiger partial charge in [0.25, 0.3) is 0 Å². The Labute approximate surface area is 257 Å². The fourth-order valence-electron chi connectivity index (χ4n) is 9.45. The number of aliphatic hydroxyl groups excluding tert-OH is 1. The van der Waals surface area contributed by atoms with Gasteiger partial charge in [0, 0.05) is 23.4 Å². The number of nitrogens with zero attached hydrogens (tertiary/aromatic N) is 3.